The van der Waals surface area contributed by atoms with Crippen molar-refractivity contribution in [3.05, 3.63) is 34.5 Å². The predicted molar refractivity (Wildman–Crippen MR) is 105 cm³/mol. The molecule has 0 saturated heterocycles. The van der Waals surface area contributed by atoms with Gasteiger partial charge in [-0.15, -0.1) is 0 Å². The Morgan fingerprint density at radius 2 is 2.12 bits per heavy atom. The fourth-order valence-corrected chi connectivity index (χ4v) is 2.95. The Morgan fingerprint density at radius 1 is 1.36 bits per heavy atom. The number of aryl methyl sites for hydroxylation is 1. The first-order chi connectivity index (χ1) is 12.0. The number of hydrogen-bond donors (Lipinski definition) is 0. The lowest BCUT2D eigenvalue weighted by molar-refractivity contribution is -0.148. The third kappa shape index (κ3) is 4.82. The molecule has 0 saturated carbocycles. The molecule has 0 N–H and O–H groups in total. The highest BCUT2D eigenvalue weighted by Gasteiger charge is 2.14. The van der Waals surface area contributed by atoms with E-state index in [1.54, 1.807) is 0 Å². The van der Waals surface area contributed by atoms with Crippen molar-refractivity contribution >= 4 is 34.8 Å². The van der Waals surface area contributed by atoms with Gasteiger partial charge in [-0.1, -0.05) is 26.0 Å². The summed E-state index contributed by atoms with van der Waals surface area (Å²) in [5.74, 6) is -0.148. The predicted octanol–water partition coefficient (Wildman–Crippen LogP) is 5.28. The van der Waals surface area contributed by atoms with E-state index in [0.29, 0.717) is 11.3 Å². The number of rotatable bonds is 8. The molecule has 4 nitrogen and oxygen atoms in total. The van der Waals surface area contributed by atoms with E-state index in [-0.39, 0.29) is 11.9 Å². The number of esters is 1. The van der Waals surface area contributed by atoms with Gasteiger partial charge in [-0.05, 0) is 50.5 Å². The molecule has 0 amide bonds. The summed E-state index contributed by atoms with van der Waals surface area (Å²) in [6.07, 6.45) is 1.59. The second kappa shape index (κ2) is 8.99. The van der Waals surface area contributed by atoms with Crippen LogP contribution in [0.3, 0.4) is 0 Å². The van der Waals surface area contributed by atoms with Crippen LogP contribution < -0.4 is 4.90 Å². The van der Waals surface area contributed by atoms with E-state index in [0.717, 1.165) is 48.2 Å². The molecule has 0 bridgehead atoms. The van der Waals surface area contributed by atoms with Crippen molar-refractivity contribution in [2.45, 2.75) is 40.5 Å². The fraction of sp³-hybridized carbons (Fsp3) is 0.500. The van der Waals surface area contributed by atoms with Gasteiger partial charge >= 0.3 is 5.97 Å². The Labute approximate surface area is 154 Å². The molecule has 0 spiro atoms. The topological polar surface area (TPSA) is 42.7 Å². The molecule has 5 heteroatoms. The second-order valence-electron chi connectivity index (χ2n) is 6.31. The zero-order valence-electron chi connectivity index (χ0n) is 15.5. The smallest absolute Gasteiger partial charge is 0.308 e. The maximum absolute atomic E-state index is 11.8. The summed E-state index contributed by atoms with van der Waals surface area (Å²) < 4.78 is 11.6. The molecule has 0 fully saturated rings. The lowest BCUT2D eigenvalue weighted by Crippen LogP contribution is -2.26. The van der Waals surface area contributed by atoms with E-state index in [4.69, 9.17) is 21.4 Å². The standard InChI is InChI=1S/C20H27NO3S/c1-5-14(3)20(22)23-12-8-11-21(6-2)17-13-18(25)24-19-15(4)9-7-10-16(17)19/h7,9-10,13-14H,5-6,8,11-12H2,1-4H3. The Morgan fingerprint density at radius 3 is 2.80 bits per heavy atom. The molecule has 0 aliphatic rings. The van der Waals surface area contributed by atoms with Gasteiger partial charge in [0.25, 0.3) is 0 Å². The van der Waals surface area contributed by atoms with Crippen LogP contribution in [0.2, 0.25) is 0 Å². The Bertz CT molecular complexity index is 784. The van der Waals surface area contributed by atoms with E-state index in [2.05, 4.69) is 17.9 Å². The molecule has 2 rings (SSSR count). The van der Waals surface area contributed by atoms with Crippen molar-refractivity contribution in [2.75, 3.05) is 24.6 Å². The van der Waals surface area contributed by atoms with Crippen molar-refractivity contribution in [3.63, 3.8) is 0 Å². The Kier molecular flexibility index (Phi) is 7.00. The van der Waals surface area contributed by atoms with Crippen LogP contribution in [0.5, 0.6) is 0 Å². The third-order valence-corrected chi connectivity index (χ3v) is 4.70. The van der Waals surface area contributed by atoms with Gasteiger partial charge in [-0.2, -0.15) is 0 Å². The summed E-state index contributed by atoms with van der Waals surface area (Å²) in [6.45, 7) is 10.1. The van der Waals surface area contributed by atoms with Gasteiger partial charge in [0.1, 0.15) is 5.58 Å². The molecule has 0 radical (unpaired) electrons. The summed E-state index contributed by atoms with van der Waals surface area (Å²) in [7, 11) is 0. The number of carbonyl (C=O) groups excluding carboxylic acids is 1. The van der Waals surface area contributed by atoms with Crippen LogP contribution in [0, 0.1) is 17.5 Å². The van der Waals surface area contributed by atoms with Crippen LogP contribution in [-0.2, 0) is 9.53 Å². The molecule has 1 atom stereocenters. The first-order valence-corrected chi connectivity index (χ1v) is 9.33. The van der Waals surface area contributed by atoms with Crippen LogP contribution in [0.4, 0.5) is 5.69 Å². The average Bonchev–Trinajstić information content (AvgIpc) is 2.61. The number of para-hydroxylation sites is 1. The summed E-state index contributed by atoms with van der Waals surface area (Å²) in [5.41, 5.74) is 2.99. The highest BCUT2D eigenvalue weighted by atomic mass is 32.1. The molecule has 0 aliphatic carbocycles. The molecule has 2 aromatic rings. The number of fused-ring (bicyclic) bond motifs is 1. The van der Waals surface area contributed by atoms with Gasteiger partial charge in [0.05, 0.1) is 18.2 Å². The molecule has 1 aromatic carbocycles. The zero-order chi connectivity index (χ0) is 18.4. The maximum Gasteiger partial charge on any atom is 0.308 e. The quantitative estimate of drug-likeness (QED) is 0.364. The molecule has 1 aromatic heterocycles. The molecule has 1 heterocycles. The average molecular weight is 362 g/mol. The Hall–Kier alpha value is -1.88. The van der Waals surface area contributed by atoms with Crippen molar-refractivity contribution in [2.24, 2.45) is 5.92 Å². The van der Waals surface area contributed by atoms with E-state index >= 15 is 0 Å². The van der Waals surface area contributed by atoms with E-state index < -0.39 is 0 Å². The fourth-order valence-electron chi connectivity index (χ4n) is 2.76. The SMILES string of the molecule is CCC(C)C(=O)OCCCN(CC)c1cc(=S)oc2c(C)cccc12. The number of hydrogen-bond acceptors (Lipinski definition) is 5. The molecule has 25 heavy (non-hydrogen) atoms. The summed E-state index contributed by atoms with van der Waals surface area (Å²) in [6, 6.07) is 8.02. The number of benzene rings is 1. The molecule has 1 unspecified atom stereocenters. The van der Waals surface area contributed by atoms with Gasteiger partial charge in [-0.3, -0.25) is 4.79 Å². The van der Waals surface area contributed by atoms with Crippen LogP contribution in [0.15, 0.2) is 28.7 Å². The number of anilines is 1. The first kappa shape index (κ1) is 19.4. The third-order valence-electron chi connectivity index (χ3n) is 4.50. The second-order valence-corrected chi connectivity index (χ2v) is 6.71. The highest BCUT2D eigenvalue weighted by Crippen LogP contribution is 2.29. The molecular weight excluding hydrogens is 334 g/mol. The summed E-state index contributed by atoms with van der Waals surface area (Å²) >= 11 is 5.30. The zero-order valence-corrected chi connectivity index (χ0v) is 16.3. The van der Waals surface area contributed by atoms with Crippen LogP contribution >= 0.6 is 12.2 Å². The van der Waals surface area contributed by atoms with Gasteiger partial charge in [-0.25, -0.2) is 0 Å². The van der Waals surface area contributed by atoms with Crippen LogP contribution in [0.1, 0.15) is 39.2 Å². The molecule has 136 valence electrons. The number of nitrogens with zero attached hydrogens (tertiary/aromatic N) is 1. The Balaban J connectivity index is 2.11. The van der Waals surface area contributed by atoms with Crippen LogP contribution in [0.25, 0.3) is 11.0 Å². The van der Waals surface area contributed by atoms with Crippen molar-refractivity contribution < 1.29 is 13.9 Å². The van der Waals surface area contributed by atoms with Crippen LogP contribution in [-0.4, -0.2) is 25.7 Å². The first-order valence-electron chi connectivity index (χ1n) is 8.93. The lowest BCUT2D eigenvalue weighted by Gasteiger charge is -2.24. The summed E-state index contributed by atoms with van der Waals surface area (Å²) in [4.78, 5) is 14.0. The van der Waals surface area contributed by atoms with Gasteiger partial charge < -0.3 is 14.1 Å². The maximum atomic E-state index is 11.8. The van der Waals surface area contributed by atoms with E-state index in [1.807, 2.05) is 39.0 Å². The molecule has 0 aliphatic heterocycles. The minimum absolute atomic E-state index is 0.0345. The lowest BCUT2D eigenvalue weighted by atomic mass is 10.1. The minimum Gasteiger partial charge on any atom is -0.465 e. The summed E-state index contributed by atoms with van der Waals surface area (Å²) in [5, 5.41) is 1.06. The minimum atomic E-state index is -0.113. The van der Waals surface area contributed by atoms with Gasteiger partial charge in [0.15, 0.2) is 4.71 Å². The highest BCUT2D eigenvalue weighted by molar-refractivity contribution is 7.71. The molecular formula is C20H27NO3S. The van der Waals surface area contributed by atoms with Gasteiger partial charge in [0.2, 0.25) is 0 Å². The van der Waals surface area contributed by atoms with Gasteiger partial charge in [0, 0.05) is 24.5 Å². The number of ether oxygens (including phenoxy) is 1. The largest absolute Gasteiger partial charge is 0.465 e. The van der Waals surface area contributed by atoms with Crippen molar-refractivity contribution in [1.82, 2.24) is 0 Å². The van der Waals surface area contributed by atoms with E-state index in [1.165, 1.54) is 0 Å². The normalized spacial score (nSPS) is 12.2. The monoisotopic (exact) mass is 361 g/mol. The number of carbonyl (C=O) groups is 1. The van der Waals surface area contributed by atoms with Crippen molar-refractivity contribution in [3.8, 4) is 0 Å². The van der Waals surface area contributed by atoms with Crippen molar-refractivity contribution in [1.29, 1.82) is 0 Å². The van der Waals surface area contributed by atoms with E-state index in [9.17, 15) is 4.79 Å².